The first kappa shape index (κ1) is 35.4. The van der Waals surface area contributed by atoms with E-state index in [4.69, 9.17) is 9.72 Å². The summed E-state index contributed by atoms with van der Waals surface area (Å²) < 4.78 is 65.4. The first-order valence-electron chi connectivity index (χ1n) is 17.6. The van der Waals surface area contributed by atoms with Crippen molar-refractivity contribution in [1.82, 2.24) is 33.9 Å². The summed E-state index contributed by atoms with van der Waals surface area (Å²) >= 11 is 0. The maximum Gasteiger partial charge on any atom is 0.266 e. The Morgan fingerprint density at radius 2 is 1.70 bits per heavy atom. The molecule has 1 saturated carbocycles. The van der Waals surface area contributed by atoms with E-state index in [0.717, 1.165) is 36.7 Å². The molecule has 6 aromatic rings. The largest absolute Gasteiger partial charge is 0.379 e. The van der Waals surface area contributed by atoms with E-state index in [1.54, 1.807) is 36.7 Å². The third-order valence-corrected chi connectivity index (χ3v) is 11.4. The third-order valence-electron chi connectivity index (χ3n) is 9.53. The highest BCUT2D eigenvalue weighted by Crippen LogP contribution is 2.38. The minimum atomic E-state index is -3.85. The molecule has 54 heavy (non-hydrogen) atoms. The number of hydrogen-bond donors (Lipinski definition) is 1. The molecular formula is C39H35F2N7O5S. The monoisotopic (exact) mass is 751 g/mol. The van der Waals surface area contributed by atoms with Crippen LogP contribution in [0, 0.1) is 11.6 Å². The van der Waals surface area contributed by atoms with E-state index in [0.29, 0.717) is 22.7 Å². The maximum absolute atomic E-state index is 14.6. The number of amides is 1. The van der Waals surface area contributed by atoms with Gasteiger partial charge in [0.15, 0.2) is 0 Å². The van der Waals surface area contributed by atoms with Crippen LogP contribution >= 0.6 is 0 Å². The van der Waals surface area contributed by atoms with Crippen molar-refractivity contribution < 1.29 is 26.7 Å². The number of fused-ring (bicyclic) bond motifs is 1. The van der Waals surface area contributed by atoms with Crippen LogP contribution in [0.3, 0.4) is 0 Å². The molecule has 8 rings (SSSR count). The molecule has 1 atom stereocenters. The number of carbonyl (C=O) groups is 1. The van der Waals surface area contributed by atoms with E-state index in [-0.39, 0.29) is 66.6 Å². The molecule has 15 heteroatoms. The van der Waals surface area contributed by atoms with Gasteiger partial charge in [-0.15, -0.1) is 0 Å². The Bertz CT molecular complexity index is 2500. The number of ether oxygens (including phenoxy) is 1. The quantitative estimate of drug-likeness (QED) is 0.197. The Hall–Kier alpha value is -5.64. The van der Waals surface area contributed by atoms with Gasteiger partial charge in [0.1, 0.15) is 24.0 Å². The number of carbonyl (C=O) groups excluding carboxylic acids is 1. The Kier molecular flexibility index (Phi) is 9.60. The molecule has 1 N–H and O–H groups in total. The first-order valence-corrected chi connectivity index (χ1v) is 19.0. The van der Waals surface area contributed by atoms with Gasteiger partial charge < -0.3 is 10.1 Å². The number of rotatable bonds is 11. The van der Waals surface area contributed by atoms with Gasteiger partial charge in [-0.05, 0) is 85.1 Å². The second-order valence-corrected chi connectivity index (χ2v) is 15.3. The molecule has 1 aliphatic carbocycles. The lowest BCUT2D eigenvalue weighted by molar-refractivity contribution is -0.122. The lowest BCUT2D eigenvalue weighted by Crippen LogP contribution is -2.40. The molecule has 276 valence electrons. The number of pyridine rings is 1. The average Bonchev–Trinajstić information content (AvgIpc) is 3.92. The van der Waals surface area contributed by atoms with Gasteiger partial charge in [-0.25, -0.2) is 22.2 Å². The molecule has 0 radical (unpaired) electrons. The lowest BCUT2D eigenvalue weighted by atomic mass is 10.0. The highest BCUT2D eigenvalue weighted by Gasteiger charge is 2.29. The molecule has 2 fully saturated rings. The van der Waals surface area contributed by atoms with Crippen LogP contribution in [0.25, 0.3) is 27.8 Å². The number of nitrogens with one attached hydrogen (secondary N) is 1. The smallest absolute Gasteiger partial charge is 0.266 e. The van der Waals surface area contributed by atoms with Crippen LogP contribution in [0.1, 0.15) is 41.9 Å². The Labute approximate surface area is 309 Å². The summed E-state index contributed by atoms with van der Waals surface area (Å²) in [4.78, 5) is 37.7. The van der Waals surface area contributed by atoms with Gasteiger partial charge in [-0.3, -0.25) is 23.8 Å². The maximum atomic E-state index is 14.6. The molecule has 0 bridgehead atoms. The fourth-order valence-electron chi connectivity index (χ4n) is 6.70. The Morgan fingerprint density at radius 1 is 0.944 bits per heavy atom. The number of aromatic nitrogens is 5. The van der Waals surface area contributed by atoms with Crippen LogP contribution in [0.5, 0.6) is 0 Å². The number of benzene rings is 3. The summed E-state index contributed by atoms with van der Waals surface area (Å²) in [6.07, 6.45) is 5.32. The summed E-state index contributed by atoms with van der Waals surface area (Å²) in [7, 11) is -3.85. The molecule has 12 nitrogen and oxygen atoms in total. The number of sulfonamides is 1. The fourth-order valence-corrected chi connectivity index (χ4v) is 8.11. The SMILES string of the molecule is O=C(Cn1ccc(C2CC2)n1)N[C@@H](Cc1cc(F)cc(F)c1)c1nc2cc(-c3ccccn3)ccc2c(=O)n1-c1ccc(S(=O)(=O)N2CCOCC2)cc1. The van der Waals surface area contributed by atoms with Crippen LogP contribution in [0.4, 0.5) is 8.78 Å². The number of nitrogens with zero attached hydrogens (tertiary/aromatic N) is 6. The molecule has 4 heterocycles. The van der Waals surface area contributed by atoms with Crippen molar-refractivity contribution in [2.24, 2.45) is 0 Å². The fraction of sp³-hybridized carbons (Fsp3) is 0.256. The molecule has 3 aromatic carbocycles. The molecule has 0 unspecified atom stereocenters. The molecule has 0 spiro atoms. The van der Waals surface area contributed by atoms with Crippen molar-refractivity contribution in [2.45, 2.75) is 42.7 Å². The summed E-state index contributed by atoms with van der Waals surface area (Å²) in [6, 6.07) is 20.2. The van der Waals surface area contributed by atoms with E-state index in [9.17, 15) is 26.8 Å². The van der Waals surface area contributed by atoms with E-state index < -0.39 is 39.2 Å². The zero-order valence-electron chi connectivity index (χ0n) is 28.9. The summed E-state index contributed by atoms with van der Waals surface area (Å²) in [6.45, 7) is 0.837. The van der Waals surface area contributed by atoms with Gasteiger partial charge >= 0.3 is 0 Å². The molecule has 3 aromatic heterocycles. The predicted molar refractivity (Wildman–Crippen MR) is 195 cm³/mol. The summed E-state index contributed by atoms with van der Waals surface area (Å²) in [5.41, 5.74) is 2.52. The van der Waals surface area contributed by atoms with Crippen LogP contribution in [0.2, 0.25) is 0 Å². The Balaban J connectivity index is 1.25. The minimum absolute atomic E-state index is 0.0291. The van der Waals surface area contributed by atoms with Crippen LogP contribution in [0.15, 0.2) is 107 Å². The van der Waals surface area contributed by atoms with Crippen molar-refractivity contribution in [1.29, 1.82) is 0 Å². The van der Waals surface area contributed by atoms with Gasteiger partial charge in [-0.2, -0.15) is 9.40 Å². The van der Waals surface area contributed by atoms with Gasteiger partial charge in [-0.1, -0.05) is 12.1 Å². The highest BCUT2D eigenvalue weighted by atomic mass is 32.2. The number of halogens is 2. The average molecular weight is 752 g/mol. The number of hydrogen-bond acceptors (Lipinski definition) is 8. The van der Waals surface area contributed by atoms with Gasteiger partial charge in [0.25, 0.3) is 5.56 Å². The Morgan fingerprint density at radius 3 is 2.41 bits per heavy atom. The third kappa shape index (κ3) is 7.42. The van der Waals surface area contributed by atoms with Crippen molar-refractivity contribution in [3.63, 3.8) is 0 Å². The van der Waals surface area contributed by atoms with Crippen molar-refractivity contribution in [3.8, 4) is 16.9 Å². The molecular weight excluding hydrogens is 717 g/mol. The van der Waals surface area contributed by atoms with Crippen molar-refractivity contribution in [3.05, 3.63) is 136 Å². The lowest BCUT2D eigenvalue weighted by Gasteiger charge is -2.26. The first-order chi connectivity index (χ1) is 26.1. The zero-order chi connectivity index (χ0) is 37.4. The standard InChI is InChI=1S/C39H35F2N7O5S/c40-28-19-25(20-29(41)23-28)21-36(43-37(49)24-46-14-12-34(45-46)26-4-5-26)38-44-35-22-27(33-3-1-2-13-42-33)6-11-32(35)39(50)48(38)30-7-9-31(10-8-30)54(51,52)47-15-17-53-18-16-47/h1-3,6-14,19-20,22-23,26,36H,4-5,15-18,21,24H2,(H,43,49)/t36-/m0/s1. The van der Waals surface area contributed by atoms with Gasteiger partial charge in [0, 0.05) is 49.5 Å². The molecule has 1 amide bonds. The molecule has 2 aliphatic rings. The summed E-state index contributed by atoms with van der Waals surface area (Å²) in [5.74, 6) is -1.64. The topological polar surface area (TPSA) is 141 Å². The van der Waals surface area contributed by atoms with Gasteiger partial charge in [0.05, 0.1) is 52.1 Å². The second kappa shape index (κ2) is 14.6. The van der Waals surface area contributed by atoms with Crippen LogP contribution < -0.4 is 10.9 Å². The van der Waals surface area contributed by atoms with Crippen LogP contribution in [-0.4, -0.2) is 69.2 Å². The zero-order valence-corrected chi connectivity index (χ0v) is 29.8. The van der Waals surface area contributed by atoms with Crippen molar-refractivity contribution >= 4 is 26.8 Å². The van der Waals surface area contributed by atoms with Gasteiger partial charge in [0.2, 0.25) is 15.9 Å². The normalized spacial score (nSPS) is 15.7. The minimum Gasteiger partial charge on any atom is -0.379 e. The van der Waals surface area contributed by atoms with E-state index in [1.165, 1.54) is 37.8 Å². The van der Waals surface area contributed by atoms with E-state index >= 15 is 0 Å². The second-order valence-electron chi connectivity index (χ2n) is 13.4. The van der Waals surface area contributed by atoms with Crippen LogP contribution in [-0.2, 0) is 32.5 Å². The van der Waals surface area contributed by atoms with Crippen molar-refractivity contribution in [2.75, 3.05) is 26.3 Å². The predicted octanol–water partition coefficient (Wildman–Crippen LogP) is 4.92. The number of morpholine rings is 1. The summed E-state index contributed by atoms with van der Waals surface area (Å²) in [5, 5.41) is 7.74. The highest BCUT2D eigenvalue weighted by molar-refractivity contribution is 7.89. The van der Waals surface area contributed by atoms with E-state index in [1.807, 2.05) is 18.2 Å². The molecule has 1 saturated heterocycles. The van der Waals surface area contributed by atoms with E-state index in [2.05, 4.69) is 15.4 Å². The molecule has 1 aliphatic heterocycles.